The number of nitrogens with zero attached hydrogens (tertiary/aromatic N) is 5. The first kappa shape index (κ1) is 17.6. The fourth-order valence-corrected chi connectivity index (χ4v) is 3.32. The summed E-state index contributed by atoms with van der Waals surface area (Å²) in [6.45, 7) is 9.24. The summed E-state index contributed by atoms with van der Waals surface area (Å²) in [5, 5.41) is 4.37. The van der Waals surface area contributed by atoms with E-state index in [1.54, 1.807) is 6.20 Å². The van der Waals surface area contributed by atoms with Crippen molar-refractivity contribution >= 4 is 5.91 Å². The Morgan fingerprint density at radius 3 is 2.84 bits per heavy atom. The number of pyridine rings is 1. The Morgan fingerprint density at radius 2 is 2.08 bits per heavy atom. The van der Waals surface area contributed by atoms with Crippen molar-refractivity contribution in [2.45, 2.75) is 39.8 Å². The van der Waals surface area contributed by atoms with E-state index in [0.717, 1.165) is 69.1 Å². The molecule has 134 valence electrons. The molecule has 0 radical (unpaired) electrons. The van der Waals surface area contributed by atoms with E-state index in [1.807, 2.05) is 34.8 Å². The number of hydrogen-bond donors (Lipinski definition) is 0. The fourth-order valence-electron chi connectivity index (χ4n) is 3.32. The summed E-state index contributed by atoms with van der Waals surface area (Å²) in [7, 11) is 0. The summed E-state index contributed by atoms with van der Waals surface area (Å²) in [6.07, 6.45) is 5.56. The molecule has 3 heterocycles. The van der Waals surface area contributed by atoms with Crippen LogP contribution in [0.25, 0.3) is 0 Å². The third-order valence-electron chi connectivity index (χ3n) is 4.76. The van der Waals surface area contributed by atoms with Gasteiger partial charge in [0.25, 0.3) is 5.91 Å². The Balaban J connectivity index is 1.61. The first-order valence-electron chi connectivity index (χ1n) is 9.13. The summed E-state index contributed by atoms with van der Waals surface area (Å²) < 4.78 is 1.93. The standard InChI is InChI=1S/C19H27N5O/c1-3-9-24-16(2)18(14-21-24)19(25)23-11-6-10-22(12-13-23)15-17-7-4-5-8-20-17/h4-5,7-8,14H,3,6,9-13,15H2,1-2H3. The minimum Gasteiger partial charge on any atom is -0.337 e. The summed E-state index contributed by atoms with van der Waals surface area (Å²) in [6, 6.07) is 6.01. The molecule has 0 atom stereocenters. The van der Waals surface area contributed by atoms with Crippen molar-refractivity contribution in [3.8, 4) is 0 Å². The maximum Gasteiger partial charge on any atom is 0.257 e. The van der Waals surface area contributed by atoms with Crippen molar-refractivity contribution < 1.29 is 4.79 Å². The van der Waals surface area contributed by atoms with Gasteiger partial charge >= 0.3 is 0 Å². The second-order valence-electron chi connectivity index (χ2n) is 6.61. The Bertz CT molecular complexity index is 697. The van der Waals surface area contributed by atoms with Crippen LogP contribution in [0, 0.1) is 6.92 Å². The zero-order chi connectivity index (χ0) is 17.6. The fraction of sp³-hybridized carbons (Fsp3) is 0.526. The normalized spacial score (nSPS) is 16.0. The van der Waals surface area contributed by atoms with E-state index in [0.29, 0.717) is 0 Å². The van der Waals surface area contributed by atoms with Gasteiger partial charge in [-0.1, -0.05) is 13.0 Å². The summed E-state index contributed by atoms with van der Waals surface area (Å²) in [5.41, 5.74) is 2.80. The van der Waals surface area contributed by atoms with Crippen molar-refractivity contribution in [3.05, 3.63) is 47.5 Å². The van der Waals surface area contributed by atoms with Crippen LogP contribution in [0.3, 0.4) is 0 Å². The molecule has 0 aliphatic carbocycles. The maximum absolute atomic E-state index is 12.9. The highest BCUT2D eigenvalue weighted by Gasteiger charge is 2.23. The SMILES string of the molecule is CCCn1ncc(C(=O)N2CCCN(Cc3ccccn3)CC2)c1C. The van der Waals surface area contributed by atoms with E-state index in [1.165, 1.54) is 0 Å². The van der Waals surface area contributed by atoms with Crippen LogP contribution in [0.5, 0.6) is 0 Å². The Kier molecular flexibility index (Phi) is 5.81. The lowest BCUT2D eigenvalue weighted by Crippen LogP contribution is -2.35. The Morgan fingerprint density at radius 1 is 1.20 bits per heavy atom. The summed E-state index contributed by atoms with van der Waals surface area (Å²) in [5.74, 6) is 0.111. The lowest BCUT2D eigenvalue weighted by Gasteiger charge is -2.21. The van der Waals surface area contributed by atoms with Crippen molar-refractivity contribution in [1.82, 2.24) is 24.6 Å². The highest BCUT2D eigenvalue weighted by molar-refractivity contribution is 5.95. The number of hydrogen-bond acceptors (Lipinski definition) is 4. The van der Waals surface area contributed by atoms with Gasteiger partial charge in [0.1, 0.15) is 0 Å². The second kappa shape index (κ2) is 8.25. The molecule has 6 heteroatoms. The first-order valence-corrected chi connectivity index (χ1v) is 9.13. The monoisotopic (exact) mass is 341 g/mol. The van der Waals surface area contributed by atoms with Gasteiger partial charge in [0, 0.05) is 51.2 Å². The van der Waals surface area contributed by atoms with Crippen LogP contribution in [0.4, 0.5) is 0 Å². The molecule has 1 saturated heterocycles. The topological polar surface area (TPSA) is 54.3 Å². The Labute approximate surface area is 149 Å². The molecule has 1 aliphatic rings. The molecule has 0 aromatic carbocycles. The smallest absolute Gasteiger partial charge is 0.257 e. The summed E-state index contributed by atoms with van der Waals surface area (Å²) in [4.78, 5) is 21.7. The summed E-state index contributed by atoms with van der Waals surface area (Å²) >= 11 is 0. The number of rotatable bonds is 5. The van der Waals surface area contributed by atoms with E-state index in [4.69, 9.17) is 0 Å². The van der Waals surface area contributed by atoms with Crippen LogP contribution >= 0.6 is 0 Å². The van der Waals surface area contributed by atoms with E-state index in [2.05, 4.69) is 28.0 Å². The van der Waals surface area contributed by atoms with Crippen LogP contribution in [-0.4, -0.2) is 56.7 Å². The van der Waals surface area contributed by atoms with Gasteiger partial charge in [0.15, 0.2) is 0 Å². The van der Waals surface area contributed by atoms with Gasteiger partial charge in [-0.2, -0.15) is 5.10 Å². The molecule has 0 spiro atoms. The molecule has 6 nitrogen and oxygen atoms in total. The van der Waals surface area contributed by atoms with E-state index >= 15 is 0 Å². The molecule has 2 aromatic heterocycles. The quantitative estimate of drug-likeness (QED) is 0.838. The van der Waals surface area contributed by atoms with Crippen molar-refractivity contribution in [3.63, 3.8) is 0 Å². The molecule has 0 N–H and O–H groups in total. The molecule has 0 unspecified atom stereocenters. The van der Waals surface area contributed by atoms with E-state index < -0.39 is 0 Å². The predicted octanol–water partition coefficient (Wildman–Crippen LogP) is 2.34. The van der Waals surface area contributed by atoms with Gasteiger partial charge < -0.3 is 4.90 Å². The second-order valence-corrected chi connectivity index (χ2v) is 6.61. The maximum atomic E-state index is 12.9. The molecule has 2 aromatic rings. The lowest BCUT2D eigenvalue weighted by atomic mass is 10.2. The number of aryl methyl sites for hydroxylation is 1. The zero-order valence-corrected chi connectivity index (χ0v) is 15.2. The van der Waals surface area contributed by atoms with Crippen molar-refractivity contribution in [1.29, 1.82) is 0 Å². The highest BCUT2D eigenvalue weighted by Crippen LogP contribution is 2.14. The van der Waals surface area contributed by atoms with Crippen LogP contribution < -0.4 is 0 Å². The molecule has 25 heavy (non-hydrogen) atoms. The molecular weight excluding hydrogens is 314 g/mol. The zero-order valence-electron chi connectivity index (χ0n) is 15.2. The van der Waals surface area contributed by atoms with Crippen LogP contribution in [0.1, 0.15) is 41.5 Å². The van der Waals surface area contributed by atoms with Crippen LogP contribution in [0.15, 0.2) is 30.6 Å². The average molecular weight is 341 g/mol. The molecule has 0 saturated carbocycles. The third kappa shape index (κ3) is 4.25. The van der Waals surface area contributed by atoms with Crippen molar-refractivity contribution in [2.75, 3.05) is 26.2 Å². The molecule has 1 aliphatic heterocycles. The minimum atomic E-state index is 0.111. The largest absolute Gasteiger partial charge is 0.337 e. The van der Waals surface area contributed by atoms with Gasteiger partial charge in [-0.15, -0.1) is 0 Å². The van der Waals surface area contributed by atoms with E-state index in [9.17, 15) is 4.79 Å². The Hall–Kier alpha value is -2.21. The number of aromatic nitrogens is 3. The van der Waals surface area contributed by atoms with E-state index in [-0.39, 0.29) is 5.91 Å². The van der Waals surface area contributed by atoms with Gasteiger partial charge in [-0.25, -0.2) is 0 Å². The molecule has 1 fully saturated rings. The number of amides is 1. The van der Waals surface area contributed by atoms with Gasteiger partial charge in [-0.05, 0) is 31.9 Å². The highest BCUT2D eigenvalue weighted by atomic mass is 16.2. The lowest BCUT2D eigenvalue weighted by molar-refractivity contribution is 0.0760. The van der Waals surface area contributed by atoms with Crippen LogP contribution in [-0.2, 0) is 13.1 Å². The third-order valence-corrected chi connectivity index (χ3v) is 4.76. The van der Waals surface area contributed by atoms with Gasteiger partial charge in [0.05, 0.1) is 17.5 Å². The number of carbonyl (C=O) groups is 1. The molecule has 1 amide bonds. The molecule has 0 bridgehead atoms. The predicted molar refractivity (Wildman–Crippen MR) is 97.3 cm³/mol. The van der Waals surface area contributed by atoms with Gasteiger partial charge in [0.2, 0.25) is 0 Å². The molecular formula is C19H27N5O. The van der Waals surface area contributed by atoms with Crippen LogP contribution in [0.2, 0.25) is 0 Å². The minimum absolute atomic E-state index is 0.111. The average Bonchev–Trinajstić information content (AvgIpc) is 2.83. The van der Waals surface area contributed by atoms with Gasteiger partial charge in [-0.3, -0.25) is 19.4 Å². The van der Waals surface area contributed by atoms with Crippen molar-refractivity contribution in [2.24, 2.45) is 0 Å². The number of carbonyl (C=O) groups excluding carboxylic acids is 1. The molecule has 3 rings (SSSR count). The first-order chi connectivity index (χ1) is 12.2.